The van der Waals surface area contributed by atoms with Gasteiger partial charge in [-0.2, -0.15) is 0 Å². The molecule has 0 bridgehead atoms. The number of hydrogen-bond acceptors (Lipinski definition) is 4. The number of likely N-dealkylation sites (N-methyl/N-ethyl adjacent to an activating group) is 1. The fraction of sp³-hybridized carbons (Fsp3) is 0.389. The van der Waals surface area contributed by atoms with Crippen molar-refractivity contribution >= 4 is 17.5 Å². The lowest BCUT2D eigenvalue weighted by Gasteiger charge is -2.28. The SMILES string of the molecule is CCN(CC)[C@H](CNC(=O)Cc1ccc(O)cc1Cl)c1ccco1. The van der Waals surface area contributed by atoms with E-state index in [1.54, 1.807) is 12.3 Å². The van der Waals surface area contributed by atoms with E-state index in [2.05, 4.69) is 24.1 Å². The van der Waals surface area contributed by atoms with Crippen LogP contribution in [0.1, 0.15) is 31.2 Å². The van der Waals surface area contributed by atoms with Gasteiger partial charge in [-0.05, 0) is 42.9 Å². The lowest BCUT2D eigenvalue weighted by molar-refractivity contribution is -0.120. The third-order valence-corrected chi connectivity index (χ3v) is 4.36. The third-order valence-electron chi connectivity index (χ3n) is 4.00. The second kappa shape index (κ2) is 8.76. The molecule has 2 aromatic rings. The van der Waals surface area contributed by atoms with Crippen molar-refractivity contribution in [2.75, 3.05) is 19.6 Å². The summed E-state index contributed by atoms with van der Waals surface area (Å²) in [5.41, 5.74) is 0.685. The summed E-state index contributed by atoms with van der Waals surface area (Å²) in [5, 5.41) is 12.7. The lowest BCUT2D eigenvalue weighted by Crippen LogP contribution is -2.38. The molecule has 0 aliphatic rings. The lowest BCUT2D eigenvalue weighted by atomic mass is 10.1. The zero-order chi connectivity index (χ0) is 17.5. The highest BCUT2D eigenvalue weighted by Crippen LogP contribution is 2.23. The molecule has 1 aromatic heterocycles. The number of carbonyl (C=O) groups excluding carboxylic acids is 1. The predicted molar refractivity (Wildman–Crippen MR) is 94.2 cm³/mol. The molecule has 0 unspecified atom stereocenters. The van der Waals surface area contributed by atoms with Crippen LogP contribution in [-0.4, -0.2) is 35.5 Å². The van der Waals surface area contributed by atoms with E-state index in [4.69, 9.17) is 16.0 Å². The summed E-state index contributed by atoms with van der Waals surface area (Å²) in [6.07, 6.45) is 1.81. The van der Waals surface area contributed by atoms with Gasteiger partial charge in [-0.1, -0.05) is 31.5 Å². The van der Waals surface area contributed by atoms with E-state index < -0.39 is 0 Å². The Kier molecular flexibility index (Phi) is 6.70. The molecule has 0 aliphatic heterocycles. The molecule has 0 saturated carbocycles. The Morgan fingerprint density at radius 3 is 2.67 bits per heavy atom. The smallest absolute Gasteiger partial charge is 0.224 e. The third kappa shape index (κ3) is 4.76. The van der Waals surface area contributed by atoms with Crippen LogP contribution in [0.4, 0.5) is 0 Å². The van der Waals surface area contributed by atoms with Crippen LogP contribution in [0.3, 0.4) is 0 Å². The fourth-order valence-electron chi connectivity index (χ4n) is 2.68. The number of phenolic OH excluding ortho intramolecular Hbond substituents is 1. The van der Waals surface area contributed by atoms with Crippen LogP contribution in [-0.2, 0) is 11.2 Å². The molecule has 1 amide bonds. The first-order chi connectivity index (χ1) is 11.5. The van der Waals surface area contributed by atoms with E-state index in [1.165, 1.54) is 12.1 Å². The number of aromatic hydroxyl groups is 1. The largest absolute Gasteiger partial charge is 0.508 e. The number of amides is 1. The summed E-state index contributed by atoms with van der Waals surface area (Å²) in [5.74, 6) is 0.802. The molecule has 6 heteroatoms. The number of benzene rings is 1. The van der Waals surface area contributed by atoms with Gasteiger partial charge in [-0.3, -0.25) is 9.69 Å². The van der Waals surface area contributed by atoms with Gasteiger partial charge in [-0.25, -0.2) is 0 Å². The number of nitrogens with one attached hydrogen (secondary N) is 1. The number of nitrogens with zero attached hydrogens (tertiary/aromatic N) is 1. The van der Waals surface area contributed by atoms with Crippen LogP contribution in [0.15, 0.2) is 41.0 Å². The number of furan rings is 1. The topological polar surface area (TPSA) is 65.7 Å². The van der Waals surface area contributed by atoms with Crippen molar-refractivity contribution in [2.45, 2.75) is 26.3 Å². The van der Waals surface area contributed by atoms with Crippen LogP contribution < -0.4 is 5.32 Å². The highest BCUT2D eigenvalue weighted by atomic mass is 35.5. The first-order valence-electron chi connectivity index (χ1n) is 8.06. The summed E-state index contributed by atoms with van der Waals surface area (Å²) < 4.78 is 5.52. The van der Waals surface area contributed by atoms with Gasteiger partial charge >= 0.3 is 0 Å². The Hall–Kier alpha value is -1.98. The Morgan fingerprint density at radius 2 is 2.08 bits per heavy atom. The number of hydrogen-bond donors (Lipinski definition) is 2. The molecule has 5 nitrogen and oxygen atoms in total. The summed E-state index contributed by atoms with van der Waals surface area (Å²) in [6, 6.07) is 8.39. The molecule has 24 heavy (non-hydrogen) atoms. The van der Waals surface area contributed by atoms with Crippen molar-refractivity contribution < 1.29 is 14.3 Å². The van der Waals surface area contributed by atoms with Crippen LogP contribution in [0.2, 0.25) is 5.02 Å². The molecule has 2 rings (SSSR count). The number of carbonyl (C=O) groups is 1. The zero-order valence-corrected chi connectivity index (χ0v) is 14.7. The molecule has 1 atom stereocenters. The first-order valence-corrected chi connectivity index (χ1v) is 8.44. The normalized spacial score (nSPS) is 12.3. The van der Waals surface area contributed by atoms with Gasteiger partial charge in [0, 0.05) is 11.6 Å². The number of phenols is 1. The van der Waals surface area contributed by atoms with Crippen molar-refractivity contribution in [2.24, 2.45) is 0 Å². The Balaban J connectivity index is 1.99. The summed E-state index contributed by atoms with van der Waals surface area (Å²) in [6.45, 7) is 6.35. The van der Waals surface area contributed by atoms with Crippen molar-refractivity contribution in [3.8, 4) is 5.75 Å². The highest BCUT2D eigenvalue weighted by molar-refractivity contribution is 6.31. The van der Waals surface area contributed by atoms with E-state index in [0.717, 1.165) is 18.8 Å². The highest BCUT2D eigenvalue weighted by Gasteiger charge is 2.21. The predicted octanol–water partition coefficient (Wildman–Crippen LogP) is 3.38. The Bertz CT molecular complexity index is 654. The van der Waals surface area contributed by atoms with Gasteiger partial charge in [0.1, 0.15) is 11.5 Å². The molecule has 0 spiro atoms. The summed E-state index contributed by atoms with van der Waals surface area (Å²) in [4.78, 5) is 14.5. The van der Waals surface area contributed by atoms with Gasteiger partial charge in [0.05, 0.1) is 18.7 Å². The second-order valence-corrected chi connectivity index (χ2v) is 5.92. The van der Waals surface area contributed by atoms with Crippen molar-refractivity contribution in [3.63, 3.8) is 0 Å². The van der Waals surface area contributed by atoms with Gasteiger partial charge in [0.2, 0.25) is 5.91 Å². The Morgan fingerprint density at radius 1 is 1.33 bits per heavy atom. The van der Waals surface area contributed by atoms with Gasteiger partial charge in [-0.15, -0.1) is 0 Å². The van der Waals surface area contributed by atoms with E-state index in [9.17, 15) is 9.90 Å². The van der Waals surface area contributed by atoms with Crippen LogP contribution in [0.25, 0.3) is 0 Å². The van der Waals surface area contributed by atoms with Crippen molar-refractivity contribution in [1.29, 1.82) is 0 Å². The average Bonchev–Trinajstić information content (AvgIpc) is 3.08. The maximum atomic E-state index is 12.2. The molecular weight excluding hydrogens is 328 g/mol. The minimum absolute atomic E-state index is 0.00533. The van der Waals surface area contributed by atoms with E-state index in [-0.39, 0.29) is 24.1 Å². The zero-order valence-electron chi connectivity index (χ0n) is 14.0. The average molecular weight is 351 g/mol. The van der Waals surface area contributed by atoms with E-state index in [0.29, 0.717) is 17.1 Å². The molecule has 1 heterocycles. The van der Waals surface area contributed by atoms with Crippen LogP contribution >= 0.6 is 11.6 Å². The molecule has 0 fully saturated rings. The van der Waals surface area contributed by atoms with Crippen molar-refractivity contribution in [1.82, 2.24) is 10.2 Å². The molecule has 0 radical (unpaired) electrons. The number of rotatable bonds is 8. The van der Waals surface area contributed by atoms with Crippen molar-refractivity contribution in [3.05, 3.63) is 52.9 Å². The minimum Gasteiger partial charge on any atom is -0.508 e. The van der Waals surface area contributed by atoms with Gasteiger partial charge in [0.25, 0.3) is 0 Å². The maximum Gasteiger partial charge on any atom is 0.224 e. The molecule has 2 N–H and O–H groups in total. The van der Waals surface area contributed by atoms with E-state index >= 15 is 0 Å². The molecule has 130 valence electrons. The maximum absolute atomic E-state index is 12.2. The van der Waals surface area contributed by atoms with Crippen LogP contribution in [0.5, 0.6) is 5.75 Å². The summed E-state index contributed by atoms with van der Waals surface area (Å²) in [7, 11) is 0. The Labute approximate surface area is 147 Å². The fourth-order valence-corrected chi connectivity index (χ4v) is 2.92. The van der Waals surface area contributed by atoms with Crippen LogP contribution in [0, 0.1) is 0 Å². The molecule has 0 saturated heterocycles. The monoisotopic (exact) mass is 350 g/mol. The number of halogens is 1. The standard InChI is InChI=1S/C18H23ClN2O3/c1-3-21(4-2)16(17-6-5-9-24-17)12-20-18(23)10-13-7-8-14(22)11-15(13)19/h5-9,11,16,22H,3-4,10,12H2,1-2H3,(H,20,23)/t16-/m1/s1. The van der Waals surface area contributed by atoms with Gasteiger partial charge in [0.15, 0.2) is 0 Å². The van der Waals surface area contributed by atoms with E-state index in [1.807, 2.05) is 12.1 Å². The molecule has 1 aromatic carbocycles. The quantitative estimate of drug-likeness (QED) is 0.766. The second-order valence-electron chi connectivity index (χ2n) is 5.51. The minimum atomic E-state index is -0.119. The summed E-state index contributed by atoms with van der Waals surface area (Å²) >= 11 is 6.05. The van der Waals surface area contributed by atoms with Gasteiger partial charge < -0.3 is 14.8 Å². The first kappa shape index (κ1) is 18.4. The molecular formula is C18H23ClN2O3. The molecule has 0 aliphatic carbocycles.